The highest BCUT2D eigenvalue weighted by Gasteiger charge is 2.19. The van der Waals surface area contributed by atoms with Crippen molar-refractivity contribution in [3.05, 3.63) is 88.5 Å². The lowest BCUT2D eigenvalue weighted by atomic mass is 10.3. The summed E-state index contributed by atoms with van der Waals surface area (Å²) in [7, 11) is -3.84. The third kappa shape index (κ3) is 4.27. The van der Waals surface area contributed by atoms with Crippen molar-refractivity contribution >= 4 is 43.0 Å². The van der Waals surface area contributed by atoms with E-state index in [0.717, 1.165) is 4.47 Å². The van der Waals surface area contributed by atoms with Gasteiger partial charge in [-0.3, -0.25) is 4.72 Å². The fourth-order valence-electron chi connectivity index (χ4n) is 2.20. The van der Waals surface area contributed by atoms with Gasteiger partial charge in [0, 0.05) is 15.7 Å². The van der Waals surface area contributed by atoms with Crippen molar-refractivity contribution in [1.29, 1.82) is 0 Å². The summed E-state index contributed by atoms with van der Waals surface area (Å²) in [5.74, 6) is 0. The van der Waals surface area contributed by atoms with Crippen LogP contribution < -0.4 is 4.72 Å². The Kier molecular flexibility index (Phi) is 5.34. The monoisotopic (exact) mass is 431 g/mol. The standard InChI is InChI=1S/C18H14BrN3O3S/c19-14-10-12-16(13-11-14)26(24,25)21-17-8-4-5-9-18(17)22(23)20-15-6-2-1-3-7-15/h1-13,21H. The minimum Gasteiger partial charge on any atom is -0.594 e. The first-order valence-corrected chi connectivity index (χ1v) is 9.85. The van der Waals surface area contributed by atoms with E-state index in [-0.39, 0.29) is 16.3 Å². The summed E-state index contributed by atoms with van der Waals surface area (Å²) < 4.78 is 28.3. The van der Waals surface area contributed by atoms with Crippen LogP contribution in [0.15, 0.2) is 93.3 Å². The maximum atomic E-state index is 12.6. The summed E-state index contributed by atoms with van der Waals surface area (Å²) in [6.07, 6.45) is 0. The minimum atomic E-state index is -3.84. The Labute approximate surface area is 159 Å². The van der Waals surface area contributed by atoms with Crippen molar-refractivity contribution in [1.82, 2.24) is 0 Å². The number of sulfonamides is 1. The molecule has 0 atom stereocenters. The second-order valence-corrected chi connectivity index (χ2v) is 7.88. The second kappa shape index (κ2) is 7.67. The Hall–Kier alpha value is -2.71. The van der Waals surface area contributed by atoms with Crippen LogP contribution in [0.5, 0.6) is 0 Å². The number of hydrogen-bond donors (Lipinski definition) is 1. The van der Waals surface area contributed by atoms with Crippen molar-refractivity contribution < 1.29 is 13.3 Å². The molecule has 26 heavy (non-hydrogen) atoms. The van der Waals surface area contributed by atoms with Gasteiger partial charge in [-0.05, 0) is 47.3 Å². The number of para-hydroxylation sites is 2. The van der Waals surface area contributed by atoms with Crippen LogP contribution in [0.1, 0.15) is 0 Å². The molecule has 3 aromatic rings. The van der Waals surface area contributed by atoms with Crippen molar-refractivity contribution in [2.75, 3.05) is 4.72 Å². The lowest BCUT2D eigenvalue weighted by Gasteiger charge is -2.10. The van der Waals surface area contributed by atoms with Gasteiger partial charge in [-0.1, -0.05) is 46.3 Å². The maximum absolute atomic E-state index is 12.6. The molecule has 0 aliphatic heterocycles. The van der Waals surface area contributed by atoms with Gasteiger partial charge in [-0.15, -0.1) is 0 Å². The van der Waals surface area contributed by atoms with Crippen LogP contribution in [-0.4, -0.2) is 13.3 Å². The van der Waals surface area contributed by atoms with E-state index in [2.05, 4.69) is 25.8 Å². The number of rotatable bonds is 5. The van der Waals surface area contributed by atoms with Crippen LogP contribution in [0.3, 0.4) is 0 Å². The Morgan fingerprint density at radius 3 is 2.19 bits per heavy atom. The van der Waals surface area contributed by atoms with E-state index in [9.17, 15) is 13.6 Å². The molecule has 0 saturated heterocycles. The largest absolute Gasteiger partial charge is 0.594 e. The lowest BCUT2D eigenvalue weighted by molar-refractivity contribution is -0.434. The summed E-state index contributed by atoms with van der Waals surface area (Å²) in [6.45, 7) is 0. The molecule has 6 nitrogen and oxygen atoms in total. The summed E-state index contributed by atoms with van der Waals surface area (Å²) >= 11 is 3.27. The first-order chi connectivity index (χ1) is 12.5. The van der Waals surface area contributed by atoms with Gasteiger partial charge in [-0.2, -0.15) is 0 Å². The van der Waals surface area contributed by atoms with Gasteiger partial charge in [0.15, 0.2) is 0 Å². The van der Waals surface area contributed by atoms with Gasteiger partial charge in [0.25, 0.3) is 15.7 Å². The molecule has 0 aliphatic carbocycles. The second-order valence-electron chi connectivity index (χ2n) is 5.29. The van der Waals surface area contributed by atoms with Crippen molar-refractivity contribution in [3.63, 3.8) is 0 Å². The molecule has 0 radical (unpaired) electrons. The fourth-order valence-corrected chi connectivity index (χ4v) is 3.54. The third-order valence-corrected chi connectivity index (χ3v) is 5.35. The number of hydrogen-bond acceptors (Lipinski definition) is 4. The van der Waals surface area contributed by atoms with E-state index in [1.165, 1.54) is 24.3 Å². The molecule has 0 bridgehead atoms. The molecule has 3 aromatic carbocycles. The predicted molar refractivity (Wildman–Crippen MR) is 103 cm³/mol. The van der Waals surface area contributed by atoms with Crippen LogP contribution in [0.2, 0.25) is 0 Å². The summed E-state index contributed by atoms with van der Waals surface area (Å²) in [5, 5.41) is 16.4. The number of nitrogens with one attached hydrogen (secondary N) is 1. The summed E-state index contributed by atoms with van der Waals surface area (Å²) in [6, 6.07) is 21.2. The summed E-state index contributed by atoms with van der Waals surface area (Å²) in [4.78, 5) is 0.488. The topological polar surface area (TPSA) is 84.6 Å². The molecule has 0 amide bonds. The summed E-state index contributed by atoms with van der Waals surface area (Å²) in [5.41, 5.74) is 0.704. The number of nitrogens with zero attached hydrogens (tertiary/aromatic N) is 2. The molecule has 0 aliphatic rings. The molecule has 0 heterocycles. The van der Waals surface area contributed by atoms with Gasteiger partial charge in [0.1, 0.15) is 11.4 Å². The van der Waals surface area contributed by atoms with Crippen LogP contribution >= 0.6 is 15.9 Å². The molecule has 0 aromatic heterocycles. The number of benzene rings is 3. The van der Waals surface area contributed by atoms with Crippen LogP contribution in [0.25, 0.3) is 0 Å². The number of anilines is 1. The average molecular weight is 432 g/mol. The average Bonchev–Trinajstić information content (AvgIpc) is 2.63. The molecule has 0 spiro atoms. The van der Waals surface area contributed by atoms with Crippen molar-refractivity contribution in [3.8, 4) is 0 Å². The Morgan fingerprint density at radius 2 is 1.50 bits per heavy atom. The zero-order valence-corrected chi connectivity index (χ0v) is 15.8. The smallest absolute Gasteiger partial charge is 0.268 e. The molecule has 3 rings (SSSR count). The van der Waals surface area contributed by atoms with Crippen molar-refractivity contribution in [2.24, 2.45) is 5.11 Å². The highest BCUT2D eigenvalue weighted by atomic mass is 79.9. The van der Waals surface area contributed by atoms with E-state index in [4.69, 9.17) is 0 Å². The lowest BCUT2D eigenvalue weighted by Crippen LogP contribution is -2.14. The van der Waals surface area contributed by atoms with Crippen LogP contribution in [0.4, 0.5) is 17.1 Å². The zero-order chi connectivity index (χ0) is 18.6. The highest BCUT2D eigenvalue weighted by Crippen LogP contribution is 2.28. The van der Waals surface area contributed by atoms with Gasteiger partial charge in [-0.25, -0.2) is 8.42 Å². The van der Waals surface area contributed by atoms with Crippen LogP contribution in [-0.2, 0) is 10.0 Å². The maximum Gasteiger partial charge on any atom is 0.268 e. The molecular formula is C18H14BrN3O3S. The highest BCUT2D eigenvalue weighted by molar-refractivity contribution is 9.10. The number of halogens is 1. The molecule has 132 valence electrons. The molecule has 0 saturated carbocycles. The molecule has 8 heteroatoms. The van der Waals surface area contributed by atoms with Crippen LogP contribution in [0, 0.1) is 5.21 Å². The van der Waals surface area contributed by atoms with Gasteiger partial charge >= 0.3 is 0 Å². The number of azo groups is 1. The van der Waals surface area contributed by atoms with E-state index >= 15 is 0 Å². The van der Waals surface area contributed by atoms with E-state index in [0.29, 0.717) is 10.5 Å². The molecule has 0 fully saturated rings. The molecule has 1 N–H and O–H groups in total. The SMILES string of the molecule is O=S(=O)(Nc1ccccc1[N+]([O-])=Nc1ccccc1)c1ccc(Br)cc1. The Bertz CT molecular complexity index is 1040. The van der Waals surface area contributed by atoms with Gasteiger partial charge in [0.05, 0.1) is 4.90 Å². The van der Waals surface area contributed by atoms with Gasteiger partial charge < -0.3 is 5.21 Å². The molecule has 0 unspecified atom stereocenters. The Balaban J connectivity index is 1.95. The minimum absolute atomic E-state index is 0.0907. The van der Waals surface area contributed by atoms with Gasteiger partial charge in [0.2, 0.25) is 0 Å². The first-order valence-electron chi connectivity index (χ1n) is 7.57. The quantitative estimate of drug-likeness (QED) is 0.343. The fraction of sp³-hybridized carbons (Fsp3) is 0. The normalized spacial score (nSPS) is 12.0. The third-order valence-electron chi connectivity index (χ3n) is 3.44. The van der Waals surface area contributed by atoms with Crippen molar-refractivity contribution in [2.45, 2.75) is 4.90 Å². The van der Waals surface area contributed by atoms with E-state index in [1.54, 1.807) is 48.5 Å². The first kappa shape index (κ1) is 18.1. The molecular weight excluding hydrogens is 418 g/mol. The van der Waals surface area contributed by atoms with E-state index in [1.807, 2.05) is 6.07 Å². The zero-order valence-electron chi connectivity index (χ0n) is 13.4. The van der Waals surface area contributed by atoms with E-state index < -0.39 is 10.0 Å². The predicted octanol–water partition coefficient (Wildman–Crippen LogP) is 5.18. The Morgan fingerprint density at radius 1 is 0.885 bits per heavy atom.